The van der Waals surface area contributed by atoms with Gasteiger partial charge in [0.15, 0.2) is 0 Å². The van der Waals surface area contributed by atoms with E-state index in [1.165, 1.54) is 12.8 Å². The maximum absolute atomic E-state index is 5.15. The molecule has 0 aromatic heterocycles. The van der Waals surface area contributed by atoms with E-state index in [1.807, 2.05) is 0 Å². The van der Waals surface area contributed by atoms with Crippen LogP contribution in [0, 0.1) is 0 Å². The van der Waals surface area contributed by atoms with Gasteiger partial charge in [0.2, 0.25) is 0 Å². The largest absolute Gasteiger partial charge is 0.387 e. The second kappa shape index (κ2) is 1.65. The Balaban J connectivity index is 2.18. The monoisotopic (exact) mass is 84.1 g/mol. The van der Waals surface area contributed by atoms with Gasteiger partial charge < -0.3 is 4.74 Å². The molecule has 0 N–H and O–H groups in total. The Kier molecular flexibility index (Phi) is 1.15. The van der Waals surface area contributed by atoms with E-state index < -0.39 is 0 Å². The fraction of sp³-hybridized carbons (Fsp3) is 1.00. The third-order valence-corrected chi connectivity index (χ3v) is 1.16. The van der Waals surface area contributed by atoms with Crippen LogP contribution in [0.25, 0.3) is 0 Å². The van der Waals surface area contributed by atoms with Crippen molar-refractivity contribution < 1.29 is 4.74 Å². The van der Waals surface area contributed by atoms with Gasteiger partial charge in [-0.2, -0.15) is 0 Å². The zero-order chi connectivity index (χ0) is 4.41. The van der Waals surface area contributed by atoms with E-state index >= 15 is 0 Å². The van der Waals surface area contributed by atoms with Gasteiger partial charge in [0.05, 0.1) is 0 Å². The molecule has 2 heteroatoms. The average Bonchev–Trinajstić information content (AvgIpc) is 1.86. The van der Waals surface area contributed by atoms with Crippen LogP contribution in [0.1, 0.15) is 12.8 Å². The lowest BCUT2D eigenvalue weighted by molar-refractivity contribution is 0.168. The number of hydrogen-bond donors (Lipinski definition) is 0. The zero-order valence-electron chi connectivity index (χ0n) is 4.11. The predicted octanol–water partition coefficient (Wildman–Crippen LogP) is -0.244. The molecule has 0 spiro atoms. The van der Waals surface area contributed by atoms with Crippen molar-refractivity contribution in [1.29, 1.82) is 0 Å². The van der Waals surface area contributed by atoms with E-state index in [4.69, 9.17) is 4.74 Å². The zero-order valence-corrected chi connectivity index (χ0v) is 4.11. The van der Waals surface area contributed by atoms with Gasteiger partial charge in [-0.15, -0.1) is 0 Å². The van der Waals surface area contributed by atoms with E-state index in [0.717, 1.165) is 6.61 Å². The van der Waals surface area contributed by atoms with E-state index in [0.29, 0.717) is 6.00 Å². The van der Waals surface area contributed by atoms with Crippen LogP contribution < -0.4 is 0 Å². The summed E-state index contributed by atoms with van der Waals surface area (Å²) in [5.41, 5.74) is 0. The van der Waals surface area contributed by atoms with Crippen LogP contribution in [0.4, 0.5) is 0 Å². The van der Waals surface area contributed by atoms with E-state index in [1.54, 1.807) is 0 Å². The van der Waals surface area contributed by atoms with Gasteiger partial charge >= 0.3 is 0 Å². The summed E-state index contributed by atoms with van der Waals surface area (Å²) in [7, 11) is 2.12. The van der Waals surface area contributed by atoms with Crippen molar-refractivity contribution >= 4 is 7.85 Å². The third-order valence-electron chi connectivity index (χ3n) is 1.16. The topological polar surface area (TPSA) is 9.23 Å². The molecule has 1 saturated heterocycles. The molecule has 34 valence electrons. The van der Waals surface area contributed by atoms with E-state index in [-0.39, 0.29) is 0 Å². The molecule has 1 atom stereocenters. The SMILES string of the molecule is B[C@H]1CCCO1. The van der Waals surface area contributed by atoms with Crippen molar-refractivity contribution in [3.8, 4) is 0 Å². The molecule has 6 heavy (non-hydrogen) atoms. The van der Waals surface area contributed by atoms with E-state index in [2.05, 4.69) is 7.85 Å². The summed E-state index contributed by atoms with van der Waals surface area (Å²) in [6.07, 6.45) is 2.53. The van der Waals surface area contributed by atoms with Gasteiger partial charge in [0.25, 0.3) is 0 Å². The first-order valence-electron chi connectivity index (χ1n) is 2.51. The van der Waals surface area contributed by atoms with Gasteiger partial charge in [-0.3, -0.25) is 0 Å². The normalized spacial score (nSPS) is 34.3. The van der Waals surface area contributed by atoms with Gasteiger partial charge in [-0.05, 0) is 12.8 Å². The molecule has 1 nitrogen and oxygen atoms in total. The molecule has 0 aromatic carbocycles. The minimum absolute atomic E-state index is 0.546. The van der Waals surface area contributed by atoms with Crippen LogP contribution in [0.15, 0.2) is 0 Å². The molecule has 0 bridgehead atoms. The van der Waals surface area contributed by atoms with Gasteiger partial charge in [-0.1, -0.05) is 0 Å². The van der Waals surface area contributed by atoms with Crippen molar-refractivity contribution in [2.24, 2.45) is 0 Å². The molecule has 1 rings (SSSR count). The van der Waals surface area contributed by atoms with Gasteiger partial charge in [-0.25, -0.2) is 0 Å². The molecule has 1 aliphatic rings. The summed E-state index contributed by atoms with van der Waals surface area (Å²) < 4.78 is 5.15. The summed E-state index contributed by atoms with van der Waals surface area (Å²) in [5.74, 6) is 0. The molecule has 0 aromatic rings. The van der Waals surface area contributed by atoms with Crippen LogP contribution in [0.2, 0.25) is 0 Å². The molecule has 0 unspecified atom stereocenters. The number of hydrogen-bond acceptors (Lipinski definition) is 1. The lowest BCUT2D eigenvalue weighted by Crippen LogP contribution is -2.01. The first kappa shape index (κ1) is 4.19. The quantitative estimate of drug-likeness (QED) is 0.368. The Morgan fingerprint density at radius 2 is 2.50 bits per heavy atom. The number of ether oxygens (including phenoxy) is 1. The van der Waals surface area contributed by atoms with Crippen molar-refractivity contribution in [3.63, 3.8) is 0 Å². The lowest BCUT2D eigenvalue weighted by atomic mass is 9.98. The van der Waals surface area contributed by atoms with Crippen molar-refractivity contribution in [2.45, 2.75) is 18.8 Å². The Bertz CT molecular complexity index is 40.8. The standard InChI is InChI=1S/C4H9BO/c5-4-2-1-3-6-4/h4H,1-3,5H2/t4-/m1/s1. The Morgan fingerprint density at radius 3 is 2.67 bits per heavy atom. The fourth-order valence-corrected chi connectivity index (χ4v) is 0.739. The average molecular weight is 83.9 g/mol. The van der Waals surface area contributed by atoms with Crippen LogP contribution in [0.3, 0.4) is 0 Å². The lowest BCUT2D eigenvalue weighted by Gasteiger charge is -1.94. The molecular weight excluding hydrogens is 74.9 g/mol. The van der Waals surface area contributed by atoms with Crippen LogP contribution in [0.5, 0.6) is 0 Å². The Hall–Kier alpha value is 0.0249. The number of rotatable bonds is 0. The second-order valence-corrected chi connectivity index (χ2v) is 1.82. The summed E-state index contributed by atoms with van der Waals surface area (Å²) in [4.78, 5) is 0. The molecule has 1 aliphatic heterocycles. The van der Waals surface area contributed by atoms with E-state index in [9.17, 15) is 0 Å². The molecule has 0 saturated carbocycles. The Labute approximate surface area is 39.1 Å². The highest BCUT2D eigenvalue weighted by Gasteiger charge is 2.07. The van der Waals surface area contributed by atoms with Gasteiger partial charge in [0.1, 0.15) is 7.85 Å². The van der Waals surface area contributed by atoms with Crippen LogP contribution in [-0.4, -0.2) is 20.5 Å². The second-order valence-electron chi connectivity index (χ2n) is 1.82. The first-order chi connectivity index (χ1) is 2.89. The summed E-state index contributed by atoms with van der Waals surface area (Å²) in [6.45, 7) is 0.987. The first-order valence-corrected chi connectivity index (χ1v) is 2.51. The minimum Gasteiger partial charge on any atom is -0.387 e. The highest BCUT2D eigenvalue weighted by atomic mass is 16.5. The Morgan fingerprint density at radius 1 is 1.67 bits per heavy atom. The predicted molar refractivity (Wildman–Crippen MR) is 27.5 cm³/mol. The molecule has 0 radical (unpaired) electrons. The van der Waals surface area contributed by atoms with Crippen molar-refractivity contribution in [2.75, 3.05) is 6.61 Å². The summed E-state index contributed by atoms with van der Waals surface area (Å²) >= 11 is 0. The molecule has 0 amide bonds. The molecular formula is C4H9BO. The minimum atomic E-state index is 0.546. The molecule has 1 fully saturated rings. The fourth-order valence-electron chi connectivity index (χ4n) is 0.739. The van der Waals surface area contributed by atoms with Crippen LogP contribution in [-0.2, 0) is 4.74 Å². The van der Waals surface area contributed by atoms with Crippen molar-refractivity contribution in [3.05, 3.63) is 0 Å². The van der Waals surface area contributed by atoms with Crippen molar-refractivity contribution in [1.82, 2.24) is 0 Å². The summed E-state index contributed by atoms with van der Waals surface area (Å²) in [5, 5.41) is 0. The highest BCUT2D eigenvalue weighted by Crippen LogP contribution is 2.06. The van der Waals surface area contributed by atoms with Gasteiger partial charge in [0, 0.05) is 12.6 Å². The third kappa shape index (κ3) is 0.746. The van der Waals surface area contributed by atoms with Crippen LogP contribution >= 0.6 is 0 Å². The summed E-state index contributed by atoms with van der Waals surface area (Å²) in [6, 6.07) is 0.546. The smallest absolute Gasteiger partial charge is 0.139 e. The molecule has 0 aliphatic carbocycles. The maximum Gasteiger partial charge on any atom is 0.139 e. The highest BCUT2D eigenvalue weighted by molar-refractivity contribution is 6.11. The maximum atomic E-state index is 5.15. The molecule has 1 heterocycles.